The minimum atomic E-state index is -4.33. The Kier molecular flexibility index (Phi) is 4.11. The minimum absolute atomic E-state index is 0.0369. The molecule has 0 bridgehead atoms. The van der Waals surface area contributed by atoms with Gasteiger partial charge in [-0.25, -0.2) is 4.98 Å². The summed E-state index contributed by atoms with van der Waals surface area (Å²) >= 11 is 5.49. The third-order valence-electron chi connectivity index (χ3n) is 1.74. The Balaban J connectivity index is 2.75. The van der Waals surface area contributed by atoms with Gasteiger partial charge >= 0.3 is 11.9 Å². The minimum Gasteiger partial charge on any atom is -0.364 e. The van der Waals surface area contributed by atoms with E-state index in [1.807, 2.05) is 0 Å². The Labute approximate surface area is 98.7 Å². The van der Waals surface area contributed by atoms with Crippen LogP contribution in [0.15, 0.2) is 12.1 Å². The zero-order chi connectivity index (χ0) is 13.1. The summed E-state index contributed by atoms with van der Waals surface area (Å²) < 4.78 is 35.6. The normalized spacial score (nSPS) is 11.3. The van der Waals surface area contributed by atoms with Gasteiger partial charge in [0.25, 0.3) is 0 Å². The van der Waals surface area contributed by atoms with E-state index in [0.29, 0.717) is 0 Å². The van der Waals surface area contributed by atoms with E-state index < -0.39 is 29.8 Å². The molecule has 1 N–H and O–H groups in total. The first-order chi connectivity index (χ1) is 7.79. The first-order valence-corrected chi connectivity index (χ1v) is 4.79. The number of nitro groups is 1. The summed E-state index contributed by atoms with van der Waals surface area (Å²) in [4.78, 5) is 13.4. The second-order valence-corrected chi connectivity index (χ2v) is 3.44. The summed E-state index contributed by atoms with van der Waals surface area (Å²) in [5, 5.41) is 12.8. The van der Waals surface area contributed by atoms with Gasteiger partial charge in [-0.3, -0.25) is 10.1 Å². The van der Waals surface area contributed by atoms with Crippen molar-refractivity contribution in [2.24, 2.45) is 0 Å². The molecule has 9 heteroatoms. The van der Waals surface area contributed by atoms with E-state index in [0.717, 1.165) is 6.07 Å². The average Bonchev–Trinajstić information content (AvgIpc) is 2.15. The van der Waals surface area contributed by atoms with Crippen molar-refractivity contribution < 1.29 is 18.1 Å². The number of pyridine rings is 1. The van der Waals surface area contributed by atoms with Gasteiger partial charge in [-0.15, -0.1) is 0 Å². The number of aromatic nitrogens is 1. The van der Waals surface area contributed by atoms with E-state index in [1.165, 1.54) is 6.07 Å². The van der Waals surface area contributed by atoms with Crippen LogP contribution in [-0.4, -0.2) is 22.6 Å². The lowest BCUT2D eigenvalue weighted by Crippen LogP contribution is -2.15. The van der Waals surface area contributed by atoms with E-state index in [9.17, 15) is 23.3 Å². The standard InChI is InChI=1S/C8H7ClF3N3O2/c9-6-2-1-5(15(16)17)7(14-6)13-4-3-8(10,11)12/h1-2H,3-4H2,(H,13,14). The smallest absolute Gasteiger partial charge is 0.364 e. The van der Waals surface area contributed by atoms with Crippen LogP contribution < -0.4 is 5.32 Å². The quantitative estimate of drug-likeness (QED) is 0.518. The van der Waals surface area contributed by atoms with E-state index in [-0.39, 0.29) is 11.0 Å². The molecule has 0 aliphatic heterocycles. The topological polar surface area (TPSA) is 68.1 Å². The lowest BCUT2D eigenvalue weighted by atomic mass is 10.3. The molecule has 0 aromatic carbocycles. The summed E-state index contributed by atoms with van der Waals surface area (Å²) in [5.74, 6) is -0.272. The molecule has 0 atom stereocenters. The number of nitrogens with one attached hydrogen (secondary N) is 1. The number of halogens is 4. The maximum absolute atomic E-state index is 11.9. The second kappa shape index (κ2) is 5.17. The molecule has 5 nitrogen and oxygen atoms in total. The van der Waals surface area contributed by atoms with Gasteiger partial charge in [-0.2, -0.15) is 13.2 Å². The third kappa shape index (κ3) is 4.43. The van der Waals surface area contributed by atoms with Crippen molar-refractivity contribution in [3.63, 3.8) is 0 Å². The van der Waals surface area contributed by atoms with Gasteiger partial charge in [0.15, 0.2) is 0 Å². The van der Waals surface area contributed by atoms with Crippen LogP contribution in [0.2, 0.25) is 5.15 Å². The van der Waals surface area contributed by atoms with E-state index >= 15 is 0 Å². The fraction of sp³-hybridized carbons (Fsp3) is 0.375. The van der Waals surface area contributed by atoms with Crippen LogP contribution in [0.1, 0.15) is 6.42 Å². The SMILES string of the molecule is O=[N+]([O-])c1ccc(Cl)nc1NCCC(F)(F)F. The lowest BCUT2D eigenvalue weighted by Gasteiger charge is -2.08. The molecule has 1 aromatic rings. The Morgan fingerprint density at radius 1 is 1.47 bits per heavy atom. The third-order valence-corrected chi connectivity index (χ3v) is 1.95. The lowest BCUT2D eigenvalue weighted by molar-refractivity contribution is -0.384. The van der Waals surface area contributed by atoms with E-state index in [4.69, 9.17) is 11.6 Å². The highest BCUT2D eigenvalue weighted by molar-refractivity contribution is 6.29. The molecule has 94 valence electrons. The molecule has 0 radical (unpaired) electrons. The summed E-state index contributed by atoms with van der Waals surface area (Å²) in [6.45, 7) is -0.502. The van der Waals surface area contributed by atoms with Gasteiger partial charge in [-0.1, -0.05) is 11.6 Å². The molecule has 0 aliphatic rings. The highest BCUT2D eigenvalue weighted by Crippen LogP contribution is 2.25. The molecule has 0 saturated heterocycles. The highest BCUT2D eigenvalue weighted by atomic mass is 35.5. The average molecular weight is 270 g/mol. The molecular formula is C8H7ClF3N3O2. The van der Waals surface area contributed by atoms with Crippen LogP contribution >= 0.6 is 11.6 Å². The number of hydrogen-bond donors (Lipinski definition) is 1. The van der Waals surface area contributed by atoms with Crippen molar-refractivity contribution in [1.82, 2.24) is 4.98 Å². The molecule has 0 saturated carbocycles. The van der Waals surface area contributed by atoms with Gasteiger partial charge in [0.1, 0.15) is 5.15 Å². The molecule has 17 heavy (non-hydrogen) atoms. The zero-order valence-electron chi connectivity index (χ0n) is 8.29. The van der Waals surface area contributed by atoms with Gasteiger partial charge in [0.05, 0.1) is 11.3 Å². The molecule has 1 heterocycles. The predicted octanol–water partition coefficient (Wildman–Crippen LogP) is 3.01. The van der Waals surface area contributed by atoms with Gasteiger partial charge < -0.3 is 5.32 Å². The summed E-state index contributed by atoms with van der Waals surface area (Å²) in [6, 6.07) is 2.26. The van der Waals surface area contributed by atoms with Gasteiger partial charge in [-0.05, 0) is 6.07 Å². The molecule has 0 aliphatic carbocycles. The largest absolute Gasteiger partial charge is 0.390 e. The van der Waals surface area contributed by atoms with Crippen LogP contribution in [-0.2, 0) is 0 Å². The van der Waals surface area contributed by atoms with E-state index in [2.05, 4.69) is 10.3 Å². The molecule has 0 amide bonds. The van der Waals surface area contributed by atoms with Crippen LogP contribution in [0.5, 0.6) is 0 Å². The molecule has 1 aromatic heterocycles. The highest BCUT2D eigenvalue weighted by Gasteiger charge is 2.27. The van der Waals surface area contributed by atoms with Crippen molar-refractivity contribution in [2.45, 2.75) is 12.6 Å². The molecule has 0 fully saturated rings. The van der Waals surface area contributed by atoms with Gasteiger partial charge in [0.2, 0.25) is 5.82 Å². The Hall–Kier alpha value is -1.57. The second-order valence-electron chi connectivity index (χ2n) is 3.05. The number of rotatable bonds is 4. The number of anilines is 1. The fourth-order valence-corrected chi connectivity index (χ4v) is 1.18. The number of alkyl halides is 3. The summed E-state index contributed by atoms with van der Waals surface area (Å²) in [6.07, 6.45) is -5.45. The van der Waals surface area contributed by atoms with E-state index in [1.54, 1.807) is 0 Å². The Morgan fingerprint density at radius 2 is 2.12 bits per heavy atom. The first-order valence-electron chi connectivity index (χ1n) is 4.41. The molecule has 0 unspecified atom stereocenters. The number of hydrogen-bond acceptors (Lipinski definition) is 4. The molecule has 0 spiro atoms. The zero-order valence-corrected chi connectivity index (χ0v) is 9.05. The van der Waals surface area contributed by atoms with Crippen LogP contribution in [0, 0.1) is 10.1 Å². The van der Waals surface area contributed by atoms with Crippen molar-refractivity contribution in [1.29, 1.82) is 0 Å². The molecular weight excluding hydrogens is 263 g/mol. The van der Waals surface area contributed by atoms with Crippen molar-refractivity contribution >= 4 is 23.1 Å². The Morgan fingerprint density at radius 3 is 2.65 bits per heavy atom. The van der Waals surface area contributed by atoms with Crippen LogP contribution in [0.25, 0.3) is 0 Å². The molecule has 1 rings (SSSR count). The van der Waals surface area contributed by atoms with Gasteiger partial charge in [0, 0.05) is 12.6 Å². The van der Waals surface area contributed by atoms with Crippen LogP contribution in [0.4, 0.5) is 24.7 Å². The van der Waals surface area contributed by atoms with Crippen LogP contribution in [0.3, 0.4) is 0 Å². The first kappa shape index (κ1) is 13.5. The monoisotopic (exact) mass is 269 g/mol. The fourth-order valence-electron chi connectivity index (χ4n) is 1.03. The van der Waals surface area contributed by atoms with Crippen molar-refractivity contribution in [2.75, 3.05) is 11.9 Å². The van der Waals surface area contributed by atoms with Crippen molar-refractivity contribution in [3.8, 4) is 0 Å². The maximum atomic E-state index is 11.9. The Bertz CT molecular complexity index is 425. The summed E-state index contributed by atoms with van der Waals surface area (Å²) in [7, 11) is 0. The van der Waals surface area contributed by atoms with Crippen molar-refractivity contribution in [3.05, 3.63) is 27.4 Å². The summed E-state index contributed by atoms with van der Waals surface area (Å²) in [5.41, 5.74) is -0.420. The maximum Gasteiger partial charge on any atom is 0.390 e. The number of nitrogens with zero attached hydrogens (tertiary/aromatic N) is 2. The predicted molar refractivity (Wildman–Crippen MR) is 55.1 cm³/mol.